The fourth-order valence-corrected chi connectivity index (χ4v) is 3.50. The molecule has 0 aliphatic carbocycles. The Morgan fingerprint density at radius 3 is 3.13 bits per heavy atom. The first-order valence-corrected chi connectivity index (χ1v) is 8.55. The van der Waals surface area contributed by atoms with Crippen LogP contribution in [0.25, 0.3) is 11.0 Å². The summed E-state index contributed by atoms with van der Waals surface area (Å²) in [6, 6.07) is 4.59. The number of piperidine rings is 1. The molecule has 1 aliphatic rings. The maximum atomic E-state index is 12.2. The average Bonchev–Trinajstić information content (AvgIpc) is 2.86. The maximum absolute atomic E-state index is 12.2. The van der Waals surface area contributed by atoms with Gasteiger partial charge in [0.15, 0.2) is 0 Å². The first-order valence-electron chi connectivity index (χ1n) is 8.55. The molecule has 3 heterocycles. The van der Waals surface area contributed by atoms with E-state index in [1.807, 2.05) is 29.9 Å². The fraction of sp³-hybridized carbons (Fsp3) is 0.556. The molecule has 3 rings (SSSR count). The Balaban J connectivity index is 1.53. The van der Waals surface area contributed by atoms with Crippen LogP contribution < -0.4 is 5.32 Å². The van der Waals surface area contributed by atoms with Gasteiger partial charge in [-0.05, 0) is 44.0 Å². The van der Waals surface area contributed by atoms with Crippen molar-refractivity contribution in [1.29, 1.82) is 0 Å². The smallest absolute Gasteiger partial charge is 0.224 e. The number of rotatable bonds is 5. The van der Waals surface area contributed by atoms with Crippen molar-refractivity contribution < 1.29 is 4.79 Å². The molecule has 1 fully saturated rings. The van der Waals surface area contributed by atoms with Crippen LogP contribution in [-0.2, 0) is 18.3 Å². The summed E-state index contributed by atoms with van der Waals surface area (Å²) >= 11 is 0. The van der Waals surface area contributed by atoms with Crippen molar-refractivity contribution in [2.75, 3.05) is 19.6 Å². The summed E-state index contributed by atoms with van der Waals surface area (Å²) in [6.07, 6.45) is 8.09. The summed E-state index contributed by atoms with van der Waals surface area (Å²) in [5.74, 6) is 0.0889. The minimum atomic E-state index is 0.0889. The topological polar surface area (TPSA) is 50.2 Å². The molecule has 1 amide bonds. The van der Waals surface area contributed by atoms with Crippen LogP contribution in [0, 0.1) is 0 Å². The van der Waals surface area contributed by atoms with Crippen LogP contribution in [0.15, 0.2) is 24.5 Å². The molecule has 0 spiro atoms. The van der Waals surface area contributed by atoms with E-state index in [2.05, 4.69) is 22.1 Å². The fourth-order valence-electron chi connectivity index (χ4n) is 3.50. The molecular formula is C18H26N4O. The van der Waals surface area contributed by atoms with E-state index in [9.17, 15) is 4.79 Å². The maximum Gasteiger partial charge on any atom is 0.224 e. The number of fused-ring (bicyclic) bond motifs is 1. The number of nitrogens with zero attached hydrogens (tertiary/aromatic N) is 3. The lowest BCUT2D eigenvalue weighted by molar-refractivity contribution is -0.120. The summed E-state index contributed by atoms with van der Waals surface area (Å²) in [4.78, 5) is 19.1. The van der Waals surface area contributed by atoms with Gasteiger partial charge in [0, 0.05) is 44.0 Å². The molecule has 0 saturated carbocycles. The van der Waals surface area contributed by atoms with Crippen molar-refractivity contribution in [2.45, 2.75) is 38.6 Å². The molecule has 0 unspecified atom stereocenters. The SMILES string of the molecule is C[C@@H]1CCCCN1CCNC(=O)Cc1cn(C)c2ncccc12. The third-order valence-electron chi connectivity index (χ3n) is 4.83. The molecule has 1 aliphatic heterocycles. The van der Waals surface area contributed by atoms with Gasteiger partial charge in [-0.2, -0.15) is 0 Å². The lowest BCUT2D eigenvalue weighted by Gasteiger charge is -2.33. The van der Waals surface area contributed by atoms with E-state index in [0.29, 0.717) is 12.5 Å². The highest BCUT2D eigenvalue weighted by molar-refractivity contribution is 5.87. The van der Waals surface area contributed by atoms with Crippen molar-refractivity contribution in [3.8, 4) is 0 Å². The molecule has 0 aromatic carbocycles. The molecular weight excluding hydrogens is 288 g/mol. The molecule has 0 radical (unpaired) electrons. The molecule has 5 nitrogen and oxygen atoms in total. The molecule has 5 heteroatoms. The summed E-state index contributed by atoms with van der Waals surface area (Å²) in [5, 5.41) is 4.13. The third-order valence-corrected chi connectivity index (χ3v) is 4.83. The number of pyridine rings is 1. The molecule has 23 heavy (non-hydrogen) atoms. The van der Waals surface area contributed by atoms with Crippen LogP contribution in [0.1, 0.15) is 31.7 Å². The Labute approximate surface area is 137 Å². The molecule has 2 aromatic rings. The average molecular weight is 314 g/mol. The molecule has 1 N–H and O–H groups in total. The lowest BCUT2D eigenvalue weighted by atomic mass is 10.0. The van der Waals surface area contributed by atoms with E-state index in [4.69, 9.17) is 0 Å². The van der Waals surface area contributed by atoms with Gasteiger partial charge in [-0.1, -0.05) is 6.42 Å². The van der Waals surface area contributed by atoms with Crippen LogP contribution in [-0.4, -0.2) is 46.0 Å². The summed E-state index contributed by atoms with van der Waals surface area (Å²) in [7, 11) is 1.97. The minimum Gasteiger partial charge on any atom is -0.355 e. The Hall–Kier alpha value is -1.88. The van der Waals surface area contributed by atoms with Gasteiger partial charge >= 0.3 is 0 Å². The van der Waals surface area contributed by atoms with Gasteiger partial charge in [-0.3, -0.25) is 9.69 Å². The Kier molecular flexibility index (Phi) is 4.96. The number of hydrogen-bond donors (Lipinski definition) is 1. The first kappa shape index (κ1) is 16.0. The highest BCUT2D eigenvalue weighted by Crippen LogP contribution is 2.18. The Morgan fingerprint density at radius 2 is 2.30 bits per heavy atom. The van der Waals surface area contributed by atoms with Crippen LogP contribution in [0.2, 0.25) is 0 Å². The molecule has 1 atom stereocenters. The van der Waals surface area contributed by atoms with E-state index < -0.39 is 0 Å². The van der Waals surface area contributed by atoms with Gasteiger partial charge in [0.1, 0.15) is 5.65 Å². The van der Waals surface area contributed by atoms with Crippen LogP contribution >= 0.6 is 0 Å². The third kappa shape index (κ3) is 3.72. The van der Waals surface area contributed by atoms with Crippen LogP contribution in [0.5, 0.6) is 0 Å². The van der Waals surface area contributed by atoms with E-state index in [-0.39, 0.29) is 5.91 Å². The van der Waals surface area contributed by atoms with Gasteiger partial charge in [0.25, 0.3) is 0 Å². The van der Waals surface area contributed by atoms with E-state index in [1.54, 1.807) is 6.20 Å². The quantitative estimate of drug-likeness (QED) is 0.919. The lowest BCUT2D eigenvalue weighted by Crippen LogP contribution is -2.42. The number of likely N-dealkylation sites (tertiary alicyclic amines) is 1. The number of nitrogens with one attached hydrogen (secondary N) is 1. The van der Waals surface area contributed by atoms with Crippen molar-refractivity contribution in [2.24, 2.45) is 7.05 Å². The molecule has 2 aromatic heterocycles. The predicted molar refractivity (Wildman–Crippen MR) is 92.3 cm³/mol. The largest absolute Gasteiger partial charge is 0.355 e. The number of hydrogen-bond acceptors (Lipinski definition) is 3. The summed E-state index contributed by atoms with van der Waals surface area (Å²) in [5.41, 5.74) is 1.97. The number of carbonyl (C=O) groups excluding carboxylic acids is 1. The van der Waals surface area contributed by atoms with E-state index in [0.717, 1.165) is 36.2 Å². The normalized spacial score (nSPS) is 19.1. The molecule has 0 bridgehead atoms. The molecule has 124 valence electrons. The van der Waals surface area contributed by atoms with Crippen molar-refractivity contribution >= 4 is 16.9 Å². The zero-order valence-electron chi connectivity index (χ0n) is 14.1. The van der Waals surface area contributed by atoms with Gasteiger partial charge in [0.2, 0.25) is 5.91 Å². The highest BCUT2D eigenvalue weighted by Gasteiger charge is 2.17. The van der Waals surface area contributed by atoms with E-state index >= 15 is 0 Å². The Bertz CT molecular complexity index is 679. The van der Waals surface area contributed by atoms with Crippen molar-refractivity contribution in [3.05, 3.63) is 30.1 Å². The van der Waals surface area contributed by atoms with E-state index in [1.165, 1.54) is 19.3 Å². The van der Waals surface area contributed by atoms with Gasteiger partial charge in [-0.25, -0.2) is 4.98 Å². The zero-order valence-corrected chi connectivity index (χ0v) is 14.1. The summed E-state index contributed by atoms with van der Waals surface area (Å²) < 4.78 is 1.98. The standard InChI is InChI=1S/C18H26N4O/c1-14-6-3-4-10-22(14)11-9-19-17(23)12-15-13-21(2)18-16(15)7-5-8-20-18/h5,7-8,13-14H,3-4,6,9-12H2,1-2H3,(H,19,23)/t14-/m1/s1. The highest BCUT2D eigenvalue weighted by atomic mass is 16.1. The second-order valence-corrected chi connectivity index (χ2v) is 6.55. The van der Waals surface area contributed by atoms with Gasteiger partial charge < -0.3 is 9.88 Å². The second-order valence-electron chi connectivity index (χ2n) is 6.55. The van der Waals surface area contributed by atoms with Gasteiger partial charge in [-0.15, -0.1) is 0 Å². The predicted octanol–water partition coefficient (Wildman–Crippen LogP) is 2.11. The van der Waals surface area contributed by atoms with Gasteiger partial charge in [0.05, 0.1) is 6.42 Å². The number of carbonyl (C=O) groups is 1. The first-order chi connectivity index (χ1) is 11.1. The number of amides is 1. The van der Waals surface area contributed by atoms with Crippen molar-refractivity contribution in [1.82, 2.24) is 19.8 Å². The number of aryl methyl sites for hydroxylation is 1. The van der Waals surface area contributed by atoms with Crippen LogP contribution in [0.3, 0.4) is 0 Å². The van der Waals surface area contributed by atoms with Crippen molar-refractivity contribution in [3.63, 3.8) is 0 Å². The Morgan fingerprint density at radius 1 is 1.43 bits per heavy atom. The minimum absolute atomic E-state index is 0.0889. The summed E-state index contributed by atoms with van der Waals surface area (Å²) in [6.45, 7) is 5.12. The zero-order chi connectivity index (χ0) is 16.2. The monoisotopic (exact) mass is 314 g/mol. The molecule has 1 saturated heterocycles. The number of aromatic nitrogens is 2. The van der Waals surface area contributed by atoms with Crippen LogP contribution in [0.4, 0.5) is 0 Å². The second kappa shape index (κ2) is 7.13.